The average molecular weight is 445 g/mol. The summed E-state index contributed by atoms with van der Waals surface area (Å²) in [4.78, 5) is 25.4. The largest absolute Gasteiger partial charge is 0.330 e. The molecule has 0 bridgehead atoms. The van der Waals surface area contributed by atoms with Crippen LogP contribution in [0.2, 0.25) is 5.02 Å². The molecule has 7 heteroatoms. The molecule has 4 rings (SSSR count). The van der Waals surface area contributed by atoms with E-state index in [4.69, 9.17) is 11.6 Å². The monoisotopic (exact) mass is 443 g/mol. The highest BCUT2D eigenvalue weighted by molar-refractivity contribution is 9.10. The van der Waals surface area contributed by atoms with E-state index in [1.807, 2.05) is 47.0 Å². The Kier molecular flexibility index (Phi) is 4.32. The number of aryl methyl sites for hydroxylation is 1. The zero-order chi connectivity index (χ0) is 19.3. The van der Waals surface area contributed by atoms with E-state index in [0.717, 1.165) is 20.3 Å². The number of hydrogen-bond acceptors (Lipinski definition) is 2. The summed E-state index contributed by atoms with van der Waals surface area (Å²) in [6.45, 7) is 0. The highest BCUT2D eigenvalue weighted by Gasteiger charge is 2.21. The van der Waals surface area contributed by atoms with Crippen LogP contribution in [0.4, 0.5) is 0 Å². The van der Waals surface area contributed by atoms with E-state index in [1.54, 1.807) is 19.3 Å². The van der Waals surface area contributed by atoms with Gasteiger partial charge in [0.1, 0.15) is 0 Å². The fourth-order valence-corrected chi connectivity index (χ4v) is 3.75. The Morgan fingerprint density at radius 2 is 1.59 bits per heavy atom. The lowest BCUT2D eigenvalue weighted by molar-refractivity contribution is 0.714. The number of nitrogens with zero attached hydrogens (tertiary/aromatic N) is 3. The Balaban J connectivity index is 2.23. The van der Waals surface area contributed by atoms with Gasteiger partial charge in [-0.3, -0.25) is 13.9 Å². The molecular weight excluding hydrogens is 430 g/mol. The summed E-state index contributed by atoms with van der Waals surface area (Å²) in [5.74, 6) is 0. The van der Waals surface area contributed by atoms with Crippen LogP contribution in [0.3, 0.4) is 0 Å². The molecule has 136 valence electrons. The maximum Gasteiger partial charge on any atom is 0.330 e. The topological polar surface area (TPSA) is 48.9 Å². The minimum Gasteiger partial charge on any atom is -0.314 e. The van der Waals surface area contributed by atoms with E-state index in [2.05, 4.69) is 15.9 Å². The third-order valence-electron chi connectivity index (χ3n) is 4.67. The molecule has 0 saturated carbocycles. The smallest absolute Gasteiger partial charge is 0.314 e. The van der Waals surface area contributed by atoms with E-state index in [1.165, 1.54) is 11.6 Å². The summed E-state index contributed by atoms with van der Waals surface area (Å²) in [6.07, 6.45) is 1.81. The first kappa shape index (κ1) is 17.8. The first-order chi connectivity index (χ1) is 12.9. The minimum absolute atomic E-state index is 0.348. The number of hydrogen-bond donors (Lipinski definition) is 0. The van der Waals surface area contributed by atoms with E-state index in [0.29, 0.717) is 21.6 Å². The summed E-state index contributed by atoms with van der Waals surface area (Å²) in [5.41, 5.74) is 2.09. The average Bonchev–Trinajstić information content (AvgIpc) is 3.06. The van der Waals surface area contributed by atoms with Gasteiger partial charge in [-0.2, -0.15) is 0 Å². The summed E-state index contributed by atoms with van der Waals surface area (Å²) in [5, 5.41) is 0.988. The number of halogens is 2. The van der Waals surface area contributed by atoms with Gasteiger partial charge < -0.3 is 4.57 Å². The van der Waals surface area contributed by atoms with E-state index in [9.17, 15) is 9.59 Å². The molecule has 5 nitrogen and oxygen atoms in total. The number of benzene rings is 2. The fraction of sp³-hybridized carbons (Fsp3) is 0.100. The molecular formula is C20H15BrClN3O2. The third kappa shape index (κ3) is 2.76. The molecule has 0 aliphatic rings. The van der Waals surface area contributed by atoms with Gasteiger partial charge in [-0.25, -0.2) is 4.79 Å². The SMILES string of the molecule is Cn1c(=O)c2c(-c3ccccc3Cl)n(-c3ccc(Br)cc3)cc2n(C)c1=O. The van der Waals surface area contributed by atoms with Gasteiger partial charge in [0, 0.05) is 41.0 Å². The van der Waals surface area contributed by atoms with Crippen LogP contribution in [-0.2, 0) is 14.1 Å². The third-order valence-corrected chi connectivity index (χ3v) is 5.53. The molecule has 0 radical (unpaired) electrons. The Morgan fingerprint density at radius 3 is 2.26 bits per heavy atom. The number of aromatic nitrogens is 3. The Hall–Kier alpha value is -2.57. The van der Waals surface area contributed by atoms with Crippen molar-refractivity contribution >= 4 is 38.4 Å². The molecule has 2 heterocycles. The lowest BCUT2D eigenvalue weighted by atomic mass is 10.1. The molecule has 27 heavy (non-hydrogen) atoms. The summed E-state index contributed by atoms with van der Waals surface area (Å²) in [7, 11) is 3.14. The second kappa shape index (κ2) is 6.55. The molecule has 2 aromatic heterocycles. The Morgan fingerprint density at radius 1 is 0.926 bits per heavy atom. The molecule has 0 aliphatic heterocycles. The van der Waals surface area contributed by atoms with E-state index in [-0.39, 0.29) is 11.2 Å². The molecule has 0 spiro atoms. The second-order valence-electron chi connectivity index (χ2n) is 6.27. The quantitative estimate of drug-likeness (QED) is 0.467. The van der Waals surface area contributed by atoms with Crippen LogP contribution in [0.15, 0.2) is 68.8 Å². The molecule has 0 fully saturated rings. The summed E-state index contributed by atoms with van der Waals surface area (Å²) < 4.78 is 5.45. The molecule has 0 aliphatic carbocycles. The van der Waals surface area contributed by atoms with Crippen LogP contribution in [0.1, 0.15) is 0 Å². The van der Waals surface area contributed by atoms with Crippen molar-refractivity contribution < 1.29 is 0 Å². The summed E-state index contributed by atoms with van der Waals surface area (Å²) in [6, 6.07) is 15.1. The summed E-state index contributed by atoms with van der Waals surface area (Å²) >= 11 is 9.91. The van der Waals surface area contributed by atoms with Crippen molar-refractivity contribution in [2.24, 2.45) is 14.1 Å². The lowest BCUT2D eigenvalue weighted by Gasteiger charge is -2.11. The zero-order valence-electron chi connectivity index (χ0n) is 14.6. The highest BCUT2D eigenvalue weighted by atomic mass is 79.9. The van der Waals surface area contributed by atoms with Gasteiger partial charge in [-0.15, -0.1) is 0 Å². The molecule has 0 atom stereocenters. The molecule has 0 amide bonds. The van der Waals surface area contributed by atoms with E-state index >= 15 is 0 Å². The number of rotatable bonds is 2. The van der Waals surface area contributed by atoms with Crippen molar-refractivity contribution in [3.63, 3.8) is 0 Å². The predicted molar refractivity (Wildman–Crippen MR) is 112 cm³/mol. The van der Waals surface area contributed by atoms with Gasteiger partial charge in [0.25, 0.3) is 5.56 Å². The van der Waals surface area contributed by atoms with Crippen LogP contribution in [0.25, 0.3) is 27.8 Å². The van der Waals surface area contributed by atoms with Gasteiger partial charge in [-0.05, 0) is 30.3 Å². The normalized spacial score (nSPS) is 11.3. The molecule has 0 unspecified atom stereocenters. The second-order valence-corrected chi connectivity index (χ2v) is 7.59. The Bertz CT molecular complexity index is 1300. The van der Waals surface area contributed by atoms with Crippen molar-refractivity contribution in [2.45, 2.75) is 0 Å². The number of fused-ring (bicyclic) bond motifs is 1. The van der Waals surface area contributed by atoms with Gasteiger partial charge in [-0.1, -0.05) is 45.7 Å². The highest BCUT2D eigenvalue weighted by Crippen LogP contribution is 2.35. The minimum atomic E-state index is -0.369. The first-order valence-corrected chi connectivity index (χ1v) is 9.39. The molecule has 2 aromatic carbocycles. The first-order valence-electron chi connectivity index (χ1n) is 8.22. The van der Waals surface area contributed by atoms with Gasteiger partial charge in [0.15, 0.2) is 0 Å². The van der Waals surface area contributed by atoms with Crippen molar-refractivity contribution in [3.05, 3.63) is 85.1 Å². The van der Waals surface area contributed by atoms with Crippen LogP contribution < -0.4 is 11.2 Å². The maximum absolute atomic E-state index is 13.0. The predicted octanol–water partition coefficient (Wildman–Crippen LogP) is 4.11. The van der Waals surface area contributed by atoms with Crippen LogP contribution >= 0.6 is 27.5 Å². The molecule has 0 saturated heterocycles. The zero-order valence-corrected chi connectivity index (χ0v) is 17.0. The van der Waals surface area contributed by atoms with Crippen molar-refractivity contribution in [3.8, 4) is 16.9 Å². The molecule has 4 aromatic rings. The van der Waals surface area contributed by atoms with Crippen LogP contribution in [0.5, 0.6) is 0 Å². The Labute approximate surface area is 168 Å². The van der Waals surface area contributed by atoms with Crippen LogP contribution in [0, 0.1) is 0 Å². The van der Waals surface area contributed by atoms with Crippen molar-refractivity contribution in [1.29, 1.82) is 0 Å². The van der Waals surface area contributed by atoms with Crippen molar-refractivity contribution in [2.75, 3.05) is 0 Å². The molecule has 0 N–H and O–H groups in total. The van der Waals surface area contributed by atoms with E-state index < -0.39 is 0 Å². The van der Waals surface area contributed by atoms with Crippen molar-refractivity contribution in [1.82, 2.24) is 13.7 Å². The fourth-order valence-electron chi connectivity index (χ4n) is 3.26. The van der Waals surface area contributed by atoms with Gasteiger partial charge >= 0.3 is 5.69 Å². The standard InChI is InChI=1S/C20H15BrClN3O2/c1-23-16-11-25(13-9-7-12(21)8-10-13)18(14-5-3-4-6-15(14)22)17(16)19(26)24(2)20(23)27/h3-11H,1-2H3. The van der Waals surface area contributed by atoms with Gasteiger partial charge in [0.05, 0.1) is 16.6 Å². The van der Waals surface area contributed by atoms with Gasteiger partial charge in [0.2, 0.25) is 0 Å². The van der Waals surface area contributed by atoms with Crippen LogP contribution in [-0.4, -0.2) is 13.7 Å². The lowest BCUT2D eigenvalue weighted by Crippen LogP contribution is -2.36. The maximum atomic E-state index is 13.0.